The fraction of sp³-hybridized carbons (Fsp3) is 0.480. The Morgan fingerprint density at radius 3 is 2.50 bits per heavy atom. The van der Waals surface area contributed by atoms with Gasteiger partial charge in [0.25, 0.3) is 5.91 Å². The minimum absolute atomic E-state index is 0.0553. The van der Waals surface area contributed by atoms with Crippen molar-refractivity contribution in [2.24, 2.45) is 5.92 Å². The van der Waals surface area contributed by atoms with Crippen LogP contribution in [0.15, 0.2) is 36.4 Å². The Bertz CT molecular complexity index is 1040. The number of rotatable bonds is 8. The van der Waals surface area contributed by atoms with Crippen LogP contribution in [0.25, 0.3) is 11.1 Å². The molecule has 9 heteroatoms. The summed E-state index contributed by atoms with van der Waals surface area (Å²) < 4.78 is 66.7. The molecule has 4 atom stereocenters. The van der Waals surface area contributed by atoms with E-state index >= 15 is 8.78 Å². The molecule has 0 aromatic heterocycles. The molecule has 5 rings (SSSR count). The van der Waals surface area contributed by atoms with Gasteiger partial charge in [-0.3, -0.25) is 9.52 Å². The van der Waals surface area contributed by atoms with Crippen LogP contribution in [0.3, 0.4) is 0 Å². The fourth-order valence-corrected chi connectivity index (χ4v) is 5.56. The van der Waals surface area contributed by atoms with E-state index in [1.54, 1.807) is 24.1 Å². The smallest absolute Gasteiger partial charge is 0.252 e. The van der Waals surface area contributed by atoms with Gasteiger partial charge in [0.1, 0.15) is 29.7 Å². The standard InChI is InChI=1S/C25H26F4N2O2S/c26-16-8-15(9-17(27)11-16)19-3-1-2-14(24(19)29)10-22-20(12-30-34-18-4-5-18)21(28)13-31(22)25(32)23-6-7-33-23/h1-3,8-9,11,18,20-23,30H,4-7,10,12-13H2/t20-,21-,22-,23?/m0/s1. The van der Waals surface area contributed by atoms with Crippen molar-refractivity contribution in [3.05, 3.63) is 59.4 Å². The molecule has 1 saturated carbocycles. The van der Waals surface area contributed by atoms with Gasteiger partial charge in [-0.15, -0.1) is 0 Å². The molecule has 2 aromatic carbocycles. The lowest BCUT2D eigenvalue weighted by atomic mass is 9.91. The molecule has 1 aliphatic carbocycles. The van der Waals surface area contributed by atoms with Crippen molar-refractivity contribution in [2.45, 2.75) is 49.3 Å². The zero-order valence-corrected chi connectivity index (χ0v) is 19.3. The molecule has 3 fully saturated rings. The lowest BCUT2D eigenvalue weighted by Crippen LogP contribution is -2.49. The van der Waals surface area contributed by atoms with Gasteiger partial charge in [0, 0.05) is 41.8 Å². The number of carbonyl (C=O) groups excluding carboxylic acids is 1. The lowest BCUT2D eigenvalue weighted by Gasteiger charge is -2.34. The maximum Gasteiger partial charge on any atom is 0.252 e. The molecule has 0 spiro atoms. The average molecular weight is 495 g/mol. The van der Waals surface area contributed by atoms with Crippen LogP contribution in [0.4, 0.5) is 17.6 Å². The maximum absolute atomic E-state index is 15.5. The van der Waals surface area contributed by atoms with E-state index in [4.69, 9.17) is 4.74 Å². The second-order valence-electron chi connectivity index (χ2n) is 9.19. The molecular weight excluding hydrogens is 468 g/mol. The van der Waals surface area contributed by atoms with Crippen LogP contribution >= 0.6 is 11.9 Å². The van der Waals surface area contributed by atoms with Gasteiger partial charge in [0.05, 0.1) is 13.2 Å². The van der Waals surface area contributed by atoms with E-state index in [1.165, 1.54) is 11.0 Å². The van der Waals surface area contributed by atoms with Gasteiger partial charge < -0.3 is 9.64 Å². The van der Waals surface area contributed by atoms with Gasteiger partial charge in [-0.05, 0) is 42.5 Å². The third kappa shape index (κ3) is 4.97. The van der Waals surface area contributed by atoms with Gasteiger partial charge in [0.2, 0.25) is 0 Å². The number of ether oxygens (including phenoxy) is 1. The number of carbonyl (C=O) groups is 1. The third-order valence-corrected chi connectivity index (χ3v) is 7.90. The number of alkyl halides is 1. The first-order valence-corrected chi connectivity index (χ1v) is 12.5. The molecule has 0 radical (unpaired) electrons. The summed E-state index contributed by atoms with van der Waals surface area (Å²) in [5.74, 6) is -2.99. The van der Waals surface area contributed by atoms with Gasteiger partial charge in [-0.1, -0.05) is 30.1 Å². The Kier molecular flexibility index (Phi) is 6.86. The average Bonchev–Trinajstić information content (AvgIpc) is 3.52. The maximum atomic E-state index is 15.5. The second-order valence-corrected chi connectivity index (χ2v) is 10.4. The largest absolute Gasteiger partial charge is 0.368 e. The Morgan fingerprint density at radius 1 is 1.12 bits per heavy atom. The molecule has 1 unspecified atom stereocenters. The van der Waals surface area contributed by atoms with Crippen LogP contribution in [0.2, 0.25) is 0 Å². The predicted octanol–water partition coefficient (Wildman–Crippen LogP) is 4.67. The van der Waals surface area contributed by atoms with Crippen molar-refractivity contribution < 1.29 is 27.1 Å². The number of nitrogens with zero attached hydrogens (tertiary/aromatic N) is 1. The zero-order chi connectivity index (χ0) is 23.8. The number of hydrogen-bond acceptors (Lipinski definition) is 4. The molecule has 2 saturated heterocycles. The van der Waals surface area contributed by atoms with Crippen molar-refractivity contribution in [3.8, 4) is 11.1 Å². The summed E-state index contributed by atoms with van der Waals surface area (Å²) in [7, 11) is 0. The van der Waals surface area contributed by atoms with E-state index in [2.05, 4.69) is 4.72 Å². The Labute approximate surface area is 200 Å². The van der Waals surface area contributed by atoms with E-state index < -0.39 is 41.7 Å². The van der Waals surface area contributed by atoms with E-state index in [1.807, 2.05) is 0 Å². The summed E-state index contributed by atoms with van der Waals surface area (Å²) in [6, 6.07) is 6.95. The summed E-state index contributed by atoms with van der Waals surface area (Å²) in [6.07, 6.45) is 1.13. The van der Waals surface area contributed by atoms with E-state index in [0.29, 0.717) is 24.8 Å². The van der Waals surface area contributed by atoms with E-state index in [9.17, 15) is 13.6 Å². The molecule has 1 amide bonds. The number of hydrogen-bond donors (Lipinski definition) is 1. The summed E-state index contributed by atoms with van der Waals surface area (Å²) in [6.45, 7) is 0.802. The Morgan fingerprint density at radius 2 is 1.85 bits per heavy atom. The van der Waals surface area contributed by atoms with E-state index in [-0.39, 0.29) is 35.6 Å². The van der Waals surface area contributed by atoms with E-state index in [0.717, 1.165) is 31.0 Å². The van der Waals surface area contributed by atoms with Crippen molar-refractivity contribution >= 4 is 17.9 Å². The highest BCUT2D eigenvalue weighted by Gasteiger charge is 2.47. The molecule has 3 aliphatic rings. The summed E-state index contributed by atoms with van der Waals surface area (Å²) in [5, 5.41) is 0.541. The molecule has 0 bridgehead atoms. The summed E-state index contributed by atoms with van der Waals surface area (Å²) in [4.78, 5) is 14.5. The third-order valence-electron chi connectivity index (χ3n) is 6.76. The van der Waals surface area contributed by atoms with Crippen LogP contribution in [0.1, 0.15) is 24.8 Å². The number of nitrogens with one attached hydrogen (secondary N) is 1. The highest BCUT2D eigenvalue weighted by atomic mass is 32.2. The normalized spacial score (nSPS) is 26.5. The Balaban J connectivity index is 1.41. The highest BCUT2D eigenvalue weighted by Crippen LogP contribution is 2.36. The van der Waals surface area contributed by atoms with Crippen LogP contribution in [0, 0.1) is 23.4 Å². The lowest BCUT2D eigenvalue weighted by molar-refractivity contribution is -0.157. The van der Waals surface area contributed by atoms with Gasteiger partial charge in [-0.2, -0.15) is 0 Å². The van der Waals surface area contributed by atoms with Crippen molar-refractivity contribution in [2.75, 3.05) is 19.7 Å². The highest BCUT2D eigenvalue weighted by molar-refractivity contribution is 7.98. The number of likely N-dealkylation sites (tertiary alicyclic amines) is 1. The topological polar surface area (TPSA) is 41.6 Å². The first-order valence-electron chi connectivity index (χ1n) is 11.6. The molecule has 2 aromatic rings. The zero-order valence-electron chi connectivity index (χ0n) is 18.5. The van der Waals surface area contributed by atoms with Gasteiger partial charge in [-0.25, -0.2) is 17.6 Å². The molecular formula is C25H26F4N2O2S. The molecule has 2 heterocycles. The van der Waals surface area contributed by atoms with Gasteiger partial charge >= 0.3 is 0 Å². The fourth-order valence-electron chi connectivity index (χ4n) is 4.67. The molecule has 1 N–H and O–H groups in total. The summed E-state index contributed by atoms with van der Waals surface area (Å²) in [5.41, 5.74) is 0.416. The molecule has 4 nitrogen and oxygen atoms in total. The minimum atomic E-state index is -1.25. The van der Waals surface area contributed by atoms with Crippen molar-refractivity contribution in [3.63, 3.8) is 0 Å². The SMILES string of the molecule is O=C(C1CCO1)N1C[C@H](F)[C@H](CNSC2CC2)[C@@H]1Cc1cccc(-c2cc(F)cc(F)c2)c1F. The Hall–Kier alpha value is -2.10. The monoisotopic (exact) mass is 494 g/mol. The first kappa shape index (κ1) is 23.6. The van der Waals surface area contributed by atoms with Crippen molar-refractivity contribution in [1.82, 2.24) is 9.62 Å². The predicted molar refractivity (Wildman–Crippen MR) is 122 cm³/mol. The summed E-state index contributed by atoms with van der Waals surface area (Å²) >= 11 is 1.59. The number of halogens is 4. The molecule has 2 aliphatic heterocycles. The number of amides is 1. The molecule has 34 heavy (non-hydrogen) atoms. The van der Waals surface area contributed by atoms with Crippen LogP contribution in [0.5, 0.6) is 0 Å². The quantitative estimate of drug-likeness (QED) is 0.428. The second kappa shape index (κ2) is 9.87. The first-order chi connectivity index (χ1) is 16.4. The van der Waals surface area contributed by atoms with Gasteiger partial charge in [0.15, 0.2) is 0 Å². The number of benzene rings is 2. The minimum Gasteiger partial charge on any atom is -0.368 e. The van der Waals surface area contributed by atoms with Crippen LogP contribution in [-0.4, -0.2) is 54.1 Å². The van der Waals surface area contributed by atoms with Crippen LogP contribution < -0.4 is 4.72 Å². The van der Waals surface area contributed by atoms with Crippen molar-refractivity contribution in [1.29, 1.82) is 0 Å². The van der Waals surface area contributed by atoms with Crippen LogP contribution in [-0.2, 0) is 16.0 Å². The molecule has 182 valence electrons.